The predicted molar refractivity (Wildman–Crippen MR) is 64.6 cm³/mol. The molecule has 3 nitrogen and oxygen atoms in total. The van der Waals surface area contributed by atoms with Crippen molar-refractivity contribution in [3.63, 3.8) is 0 Å². The molecule has 1 aliphatic heterocycles. The van der Waals surface area contributed by atoms with Crippen molar-refractivity contribution in [1.29, 1.82) is 0 Å². The molecule has 0 aromatic carbocycles. The summed E-state index contributed by atoms with van der Waals surface area (Å²) < 4.78 is 42.6. The highest BCUT2D eigenvalue weighted by atomic mass is 19.4. The molecular formula is C13H17F3N2O. The Morgan fingerprint density at radius 3 is 2.47 bits per heavy atom. The Morgan fingerprint density at radius 2 is 2.00 bits per heavy atom. The third kappa shape index (κ3) is 3.45. The van der Waals surface area contributed by atoms with Crippen LogP contribution in [0.2, 0.25) is 0 Å². The quantitative estimate of drug-likeness (QED) is 0.921. The summed E-state index contributed by atoms with van der Waals surface area (Å²) in [6.07, 6.45) is -1.31. The van der Waals surface area contributed by atoms with E-state index in [1.807, 2.05) is 0 Å². The maximum absolute atomic E-state index is 12.5. The summed E-state index contributed by atoms with van der Waals surface area (Å²) in [6.45, 7) is 1.79. The lowest BCUT2D eigenvalue weighted by molar-refractivity contribution is -0.141. The van der Waals surface area contributed by atoms with E-state index in [4.69, 9.17) is 10.5 Å². The second-order valence-electron chi connectivity index (χ2n) is 4.77. The van der Waals surface area contributed by atoms with Crippen molar-refractivity contribution >= 4 is 0 Å². The SMILES string of the molecule is NCC(c1ccc(C(F)(F)F)nc1)C1CCOCC1. The van der Waals surface area contributed by atoms with E-state index in [2.05, 4.69) is 4.98 Å². The zero-order valence-corrected chi connectivity index (χ0v) is 10.5. The number of aromatic nitrogens is 1. The number of nitrogens with zero attached hydrogens (tertiary/aromatic N) is 1. The van der Waals surface area contributed by atoms with Crippen molar-refractivity contribution in [3.8, 4) is 0 Å². The molecule has 0 spiro atoms. The van der Waals surface area contributed by atoms with Gasteiger partial charge in [0.25, 0.3) is 0 Å². The lowest BCUT2D eigenvalue weighted by atomic mass is 9.82. The summed E-state index contributed by atoms with van der Waals surface area (Å²) in [5.41, 5.74) is 5.69. The summed E-state index contributed by atoms with van der Waals surface area (Å²) in [4.78, 5) is 3.50. The number of pyridine rings is 1. The van der Waals surface area contributed by atoms with E-state index in [1.54, 1.807) is 0 Å². The molecule has 1 fully saturated rings. The van der Waals surface area contributed by atoms with Gasteiger partial charge in [-0.1, -0.05) is 6.07 Å². The van der Waals surface area contributed by atoms with E-state index in [9.17, 15) is 13.2 Å². The number of hydrogen-bond donors (Lipinski definition) is 1. The van der Waals surface area contributed by atoms with E-state index in [1.165, 1.54) is 12.3 Å². The van der Waals surface area contributed by atoms with Crippen molar-refractivity contribution < 1.29 is 17.9 Å². The van der Waals surface area contributed by atoms with Crippen LogP contribution in [-0.4, -0.2) is 24.7 Å². The van der Waals surface area contributed by atoms with Crippen LogP contribution in [0, 0.1) is 5.92 Å². The Kier molecular flexibility index (Phi) is 4.42. The van der Waals surface area contributed by atoms with Gasteiger partial charge in [-0.25, -0.2) is 0 Å². The van der Waals surface area contributed by atoms with Gasteiger partial charge in [-0.3, -0.25) is 4.98 Å². The average molecular weight is 274 g/mol. The molecule has 1 saturated heterocycles. The van der Waals surface area contributed by atoms with Gasteiger partial charge in [0.2, 0.25) is 0 Å². The highest BCUT2D eigenvalue weighted by Gasteiger charge is 2.32. The van der Waals surface area contributed by atoms with Gasteiger partial charge in [0.05, 0.1) is 0 Å². The van der Waals surface area contributed by atoms with Crippen LogP contribution < -0.4 is 5.73 Å². The highest BCUT2D eigenvalue weighted by molar-refractivity contribution is 5.21. The minimum absolute atomic E-state index is 0.0543. The van der Waals surface area contributed by atoms with Crippen LogP contribution in [0.3, 0.4) is 0 Å². The van der Waals surface area contributed by atoms with Crippen LogP contribution in [0.1, 0.15) is 30.0 Å². The van der Waals surface area contributed by atoms with E-state index in [0.717, 1.165) is 24.5 Å². The van der Waals surface area contributed by atoms with Gasteiger partial charge >= 0.3 is 6.18 Å². The Morgan fingerprint density at radius 1 is 1.32 bits per heavy atom. The summed E-state index contributed by atoms with van der Waals surface area (Å²) in [6, 6.07) is 2.51. The summed E-state index contributed by atoms with van der Waals surface area (Å²) in [7, 11) is 0. The maximum Gasteiger partial charge on any atom is 0.433 e. The topological polar surface area (TPSA) is 48.1 Å². The molecular weight excluding hydrogens is 257 g/mol. The Bertz CT molecular complexity index is 399. The third-order valence-corrected chi connectivity index (χ3v) is 3.59. The molecule has 0 saturated carbocycles. The molecule has 2 heterocycles. The number of nitrogens with two attached hydrogens (primary N) is 1. The van der Waals surface area contributed by atoms with E-state index < -0.39 is 11.9 Å². The van der Waals surface area contributed by atoms with Gasteiger partial charge in [0.1, 0.15) is 5.69 Å². The molecule has 19 heavy (non-hydrogen) atoms. The van der Waals surface area contributed by atoms with Gasteiger partial charge in [0, 0.05) is 25.3 Å². The van der Waals surface area contributed by atoms with Crippen LogP contribution in [0.15, 0.2) is 18.3 Å². The fourth-order valence-corrected chi connectivity index (χ4v) is 2.51. The fourth-order valence-electron chi connectivity index (χ4n) is 2.51. The fraction of sp³-hybridized carbons (Fsp3) is 0.615. The molecule has 1 aromatic rings. The highest BCUT2D eigenvalue weighted by Crippen LogP contribution is 2.33. The third-order valence-electron chi connectivity index (χ3n) is 3.59. The molecule has 0 bridgehead atoms. The molecule has 0 amide bonds. The average Bonchev–Trinajstić information content (AvgIpc) is 2.40. The molecule has 6 heteroatoms. The number of halogens is 3. The molecule has 0 aliphatic carbocycles. The zero-order chi connectivity index (χ0) is 13.9. The second-order valence-corrected chi connectivity index (χ2v) is 4.77. The molecule has 1 aromatic heterocycles. The normalized spacial score (nSPS) is 19.4. The predicted octanol–water partition coefficient (Wildman–Crippen LogP) is 2.57. The minimum atomic E-state index is -4.39. The van der Waals surface area contributed by atoms with Crippen LogP contribution in [0.5, 0.6) is 0 Å². The van der Waals surface area contributed by atoms with Crippen molar-refractivity contribution in [2.75, 3.05) is 19.8 Å². The number of rotatable bonds is 3. The number of ether oxygens (including phenoxy) is 1. The zero-order valence-electron chi connectivity index (χ0n) is 10.5. The standard InChI is InChI=1S/C13H17F3N2O/c14-13(15,16)12-2-1-10(8-18-12)11(7-17)9-3-5-19-6-4-9/h1-2,8-9,11H,3-7,17H2. The lowest BCUT2D eigenvalue weighted by Gasteiger charge is -2.29. The first-order valence-electron chi connectivity index (χ1n) is 6.33. The maximum atomic E-state index is 12.5. The van der Waals surface area contributed by atoms with Gasteiger partial charge in [-0.05, 0) is 36.9 Å². The molecule has 1 atom stereocenters. The van der Waals surface area contributed by atoms with Gasteiger partial charge < -0.3 is 10.5 Å². The first-order valence-corrected chi connectivity index (χ1v) is 6.33. The molecule has 1 aliphatic rings. The summed E-state index contributed by atoms with van der Waals surface area (Å²) >= 11 is 0. The molecule has 1 unspecified atom stereocenters. The smallest absolute Gasteiger partial charge is 0.381 e. The summed E-state index contributed by atoms with van der Waals surface area (Å²) in [5, 5.41) is 0. The molecule has 0 radical (unpaired) electrons. The Labute approximate surface area is 110 Å². The van der Waals surface area contributed by atoms with Gasteiger partial charge in [-0.15, -0.1) is 0 Å². The van der Waals surface area contributed by atoms with Crippen LogP contribution in [0.4, 0.5) is 13.2 Å². The van der Waals surface area contributed by atoms with E-state index in [0.29, 0.717) is 25.7 Å². The van der Waals surface area contributed by atoms with E-state index in [-0.39, 0.29) is 5.92 Å². The van der Waals surface area contributed by atoms with Crippen molar-refractivity contribution in [2.45, 2.75) is 24.9 Å². The van der Waals surface area contributed by atoms with Crippen LogP contribution in [0.25, 0.3) is 0 Å². The van der Waals surface area contributed by atoms with Crippen molar-refractivity contribution in [2.24, 2.45) is 11.7 Å². The lowest BCUT2D eigenvalue weighted by Crippen LogP contribution is -2.27. The first-order chi connectivity index (χ1) is 9.02. The monoisotopic (exact) mass is 274 g/mol. The van der Waals surface area contributed by atoms with Crippen molar-refractivity contribution in [3.05, 3.63) is 29.6 Å². The van der Waals surface area contributed by atoms with Crippen LogP contribution in [-0.2, 0) is 10.9 Å². The number of alkyl halides is 3. The van der Waals surface area contributed by atoms with Gasteiger partial charge in [0.15, 0.2) is 0 Å². The van der Waals surface area contributed by atoms with E-state index >= 15 is 0 Å². The molecule has 2 N–H and O–H groups in total. The number of hydrogen-bond acceptors (Lipinski definition) is 3. The van der Waals surface area contributed by atoms with Crippen molar-refractivity contribution in [1.82, 2.24) is 4.98 Å². The molecule has 2 rings (SSSR count). The first kappa shape index (κ1) is 14.3. The van der Waals surface area contributed by atoms with Gasteiger partial charge in [-0.2, -0.15) is 13.2 Å². The Hall–Kier alpha value is -1.14. The largest absolute Gasteiger partial charge is 0.433 e. The minimum Gasteiger partial charge on any atom is -0.381 e. The Balaban J connectivity index is 2.14. The molecule has 106 valence electrons. The second kappa shape index (κ2) is 5.88. The summed E-state index contributed by atoms with van der Waals surface area (Å²) in [5.74, 6) is 0.413. The van der Waals surface area contributed by atoms with Crippen LogP contribution >= 0.6 is 0 Å².